The van der Waals surface area contributed by atoms with Crippen molar-refractivity contribution in [1.82, 2.24) is 19.7 Å². The SMILES string of the molecule is CCc1nc(Br)cc(-c2ccnn2-c2ccccc2)n1. The van der Waals surface area contributed by atoms with Crippen LogP contribution < -0.4 is 0 Å². The van der Waals surface area contributed by atoms with Crippen molar-refractivity contribution < 1.29 is 0 Å². The van der Waals surface area contributed by atoms with Crippen LogP contribution in [0.4, 0.5) is 0 Å². The van der Waals surface area contributed by atoms with Crippen molar-refractivity contribution in [3.05, 3.63) is 59.1 Å². The van der Waals surface area contributed by atoms with Gasteiger partial charge in [0.1, 0.15) is 10.4 Å². The van der Waals surface area contributed by atoms with Gasteiger partial charge in [0, 0.05) is 6.42 Å². The van der Waals surface area contributed by atoms with Crippen molar-refractivity contribution >= 4 is 15.9 Å². The Morgan fingerprint density at radius 1 is 1.10 bits per heavy atom. The third-order valence-corrected chi connectivity index (χ3v) is 3.37. The molecule has 3 aromatic rings. The molecule has 0 aliphatic carbocycles. The van der Waals surface area contributed by atoms with Crippen LogP contribution in [0.15, 0.2) is 53.3 Å². The zero-order chi connectivity index (χ0) is 13.9. The number of aromatic nitrogens is 4. The van der Waals surface area contributed by atoms with E-state index in [1.165, 1.54) is 0 Å². The Bertz CT molecular complexity index is 722. The molecule has 0 radical (unpaired) electrons. The van der Waals surface area contributed by atoms with Crippen molar-refractivity contribution in [2.24, 2.45) is 0 Å². The molecule has 5 heteroatoms. The lowest BCUT2D eigenvalue weighted by Crippen LogP contribution is -2.02. The Kier molecular flexibility index (Phi) is 3.60. The molecule has 3 rings (SSSR count). The van der Waals surface area contributed by atoms with Gasteiger partial charge in [-0.3, -0.25) is 0 Å². The summed E-state index contributed by atoms with van der Waals surface area (Å²) in [4.78, 5) is 8.92. The first kappa shape index (κ1) is 13.0. The predicted octanol–water partition coefficient (Wildman–Crippen LogP) is 3.65. The van der Waals surface area contributed by atoms with Gasteiger partial charge in [0.05, 0.1) is 23.3 Å². The lowest BCUT2D eigenvalue weighted by molar-refractivity contribution is 0.872. The lowest BCUT2D eigenvalue weighted by Gasteiger charge is -2.08. The van der Waals surface area contributed by atoms with E-state index in [1.54, 1.807) is 6.20 Å². The smallest absolute Gasteiger partial charge is 0.130 e. The summed E-state index contributed by atoms with van der Waals surface area (Å²) in [5.74, 6) is 0.815. The minimum atomic E-state index is 0.792. The largest absolute Gasteiger partial charge is 0.232 e. The van der Waals surface area contributed by atoms with Gasteiger partial charge < -0.3 is 0 Å². The average Bonchev–Trinajstić information content (AvgIpc) is 2.97. The Labute approximate surface area is 125 Å². The maximum atomic E-state index is 4.58. The second-order valence-corrected chi connectivity index (χ2v) is 5.12. The van der Waals surface area contributed by atoms with Crippen LogP contribution in [0, 0.1) is 0 Å². The van der Waals surface area contributed by atoms with Crippen LogP contribution in [0.2, 0.25) is 0 Å². The number of halogens is 1. The molecule has 0 saturated heterocycles. The molecule has 2 aromatic heterocycles. The van der Waals surface area contributed by atoms with Crippen LogP contribution in [0.3, 0.4) is 0 Å². The molecule has 0 bridgehead atoms. The van der Waals surface area contributed by atoms with Crippen LogP contribution in [0.1, 0.15) is 12.7 Å². The standard InChI is InChI=1S/C15H13BrN4/c1-2-15-18-12(10-14(16)19-15)13-8-9-17-20(13)11-6-4-3-5-7-11/h3-10H,2H2,1H3. The van der Waals surface area contributed by atoms with E-state index in [-0.39, 0.29) is 0 Å². The fourth-order valence-corrected chi connectivity index (χ4v) is 2.45. The molecule has 0 unspecified atom stereocenters. The van der Waals surface area contributed by atoms with E-state index in [9.17, 15) is 0 Å². The van der Waals surface area contributed by atoms with Crippen LogP contribution in [0.25, 0.3) is 17.1 Å². The highest BCUT2D eigenvalue weighted by atomic mass is 79.9. The average molecular weight is 329 g/mol. The minimum Gasteiger partial charge on any atom is -0.232 e. The molecule has 100 valence electrons. The van der Waals surface area contributed by atoms with Crippen molar-refractivity contribution in [3.63, 3.8) is 0 Å². The minimum absolute atomic E-state index is 0.792. The number of hydrogen-bond donors (Lipinski definition) is 0. The summed E-state index contributed by atoms with van der Waals surface area (Å²) in [6.07, 6.45) is 2.58. The molecule has 2 heterocycles. The number of benzene rings is 1. The first-order valence-corrected chi connectivity index (χ1v) is 7.20. The van der Waals surface area contributed by atoms with Crippen LogP contribution in [-0.2, 0) is 6.42 Å². The Morgan fingerprint density at radius 3 is 2.65 bits per heavy atom. The van der Waals surface area contributed by atoms with E-state index >= 15 is 0 Å². The van der Waals surface area contributed by atoms with E-state index in [4.69, 9.17) is 0 Å². The molecule has 0 spiro atoms. The summed E-state index contributed by atoms with van der Waals surface area (Å²) in [5, 5.41) is 4.39. The highest BCUT2D eigenvalue weighted by Gasteiger charge is 2.10. The molecule has 1 aromatic carbocycles. The number of rotatable bonds is 3. The van der Waals surface area contributed by atoms with Gasteiger partial charge in [0.25, 0.3) is 0 Å². The van der Waals surface area contributed by atoms with Crippen LogP contribution in [-0.4, -0.2) is 19.7 Å². The zero-order valence-corrected chi connectivity index (χ0v) is 12.6. The topological polar surface area (TPSA) is 43.6 Å². The molecular formula is C15H13BrN4. The number of nitrogens with zero attached hydrogens (tertiary/aromatic N) is 4. The van der Waals surface area contributed by atoms with Gasteiger partial charge in [-0.05, 0) is 40.2 Å². The summed E-state index contributed by atoms with van der Waals surface area (Å²) in [6.45, 7) is 2.04. The predicted molar refractivity (Wildman–Crippen MR) is 81.7 cm³/mol. The molecule has 0 saturated carbocycles. The van der Waals surface area contributed by atoms with E-state index in [0.29, 0.717) is 0 Å². The van der Waals surface area contributed by atoms with E-state index in [1.807, 2.05) is 54.1 Å². The second kappa shape index (κ2) is 5.54. The molecule has 20 heavy (non-hydrogen) atoms. The van der Waals surface area contributed by atoms with Gasteiger partial charge in [0.2, 0.25) is 0 Å². The van der Waals surface area contributed by atoms with Gasteiger partial charge in [-0.25, -0.2) is 14.6 Å². The highest BCUT2D eigenvalue weighted by Crippen LogP contribution is 2.23. The van der Waals surface area contributed by atoms with Gasteiger partial charge in [-0.15, -0.1) is 0 Å². The van der Waals surface area contributed by atoms with Crippen molar-refractivity contribution in [2.45, 2.75) is 13.3 Å². The zero-order valence-electron chi connectivity index (χ0n) is 11.0. The highest BCUT2D eigenvalue weighted by molar-refractivity contribution is 9.10. The second-order valence-electron chi connectivity index (χ2n) is 4.31. The lowest BCUT2D eigenvalue weighted by atomic mass is 10.2. The third kappa shape index (κ3) is 2.49. The molecule has 0 amide bonds. The number of hydrogen-bond acceptors (Lipinski definition) is 3. The monoisotopic (exact) mass is 328 g/mol. The van der Waals surface area contributed by atoms with Gasteiger partial charge in [-0.2, -0.15) is 5.10 Å². The van der Waals surface area contributed by atoms with Gasteiger partial charge in [0.15, 0.2) is 0 Å². The Balaban J connectivity index is 2.13. The van der Waals surface area contributed by atoms with Gasteiger partial charge >= 0.3 is 0 Å². The summed E-state index contributed by atoms with van der Waals surface area (Å²) in [7, 11) is 0. The van der Waals surface area contributed by atoms with E-state index in [2.05, 4.69) is 31.0 Å². The molecular weight excluding hydrogens is 316 g/mol. The fourth-order valence-electron chi connectivity index (χ4n) is 2.03. The quantitative estimate of drug-likeness (QED) is 0.689. The molecule has 0 aliphatic rings. The van der Waals surface area contributed by atoms with Crippen LogP contribution in [0.5, 0.6) is 0 Å². The summed E-state index contributed by atoms with van der Waals surface area (Å²) in [6, 6.07) is 13.9. The Hall–Kier alpha value is -2.01. The first-order valence-electron chi connectivity index (χ1n) is 6.41. The summed E-state index contributed by atoms with van der Waals surface area (Å²) in [5.41, 5.74) is 2.83. The molecule has 0 atom stereocenters. The van der Waals surface area contributed by atoms with E-state index in [0.717, 1.165) is 33.9 Å². The molecule has 0 fully saturated rings. The van der Waals surface area contributed by atoms with Crippen molar-refractivity contribution in [2.75, 3.05) is 0 Å². The maximum absolute atomic E-state index is 4.58. The summed E-state index contributed by atoms with van der Waals surface area (Å²) >= 11 is 3.44. The number of para-hydroxylation sites is 1. The molecule has 0 N–H and O–H groups in total. The van der Waals surface area contributed by atoms with Gasteiger partial charge in [-0.1, -0.05) is 25.1 Å². The fraction of sp³-hybridized carbons (Fsp3) is 0.133. The molecule has 4 nitrogen and oxygen atoms in total. The number of aryl methyl sites for hydroxylation is 1. The first-order chi connectivity index (χ1) is 9.78. The summed E-state index contributed by atoms with van der Waals surface area (Å²) < 4.78 is 2.67. The van der Waals surface area contributed by atoms with Crippen molar-refractivity contribution in [1.29, 1.82) is 0 Å². The third-order valence-electron chi connectivity index (χ3n) is 2.96. The normalized spacial score (nSPS) is 10.7. The maximum Gasteiger partial charge on any atom is 0.130 e. The van der Waals surface area contributed by atoms with E-state index < -0.39 is 0 Å². The van der Waals surface area contributed by atoms with Crippen LogP contribution >= 0.6 is 15.9 Å². The van der Waals surface area contributed by atoms with Crippen molar-refractivity contribution in [3.8, 4) is 17.1 Å². The molecule has 0 aliphatic heterocycles. The Morgan fingerprint density at radius 2 is 1.90 bits per heavy atom.